The number of hydrogen-bond donors (Lipinski definition) is 6. The van der Waals surface area contributed by atoms with Gasteiger partial charge in [-0.25, -0.2) is 0 Å². The molecule has 0 saturated carbocycles. The third kappa shape index (κ3) is 42.0. The van der Waals surface area contributed by atoms with Crippen LogP contribution in [0.4, 0.5) is 0 Å². The predicted octanol–water partition coefficient (Wildman–Crippen LogP) is 15.4. The Balaban J connectivity index is 2.69. The van der Waals surface area contributed by atoms with Gasteiger partial charge in [-0.1, -0.05) is 248 Å². The molecular weight excluding hydrogens is 967 g/mol. The molecule has 0 spiro atoms. The summed E-state index contributed by atoms with van der Waals surface area (Å²) in [6.07, 6.45) is 56.7. The third-order valence-electron chi connectivity index (χ3n) is 14.9. The van der Waals surface area contributed by atoms with Crippen LogP contribution in [0.2, 0.25) is 0 Å². The number of nitrogens with one attached hydrogen (secondary N) is 1. The van der Waals surface area contributed by atoms with Crippen molar-refractivity contribution in [3.8, 4) is 0 Å². The maximum Gasteiger partial charge on any atom is 0.306 e. The van der Waals surface area contributed by atoms with Gasteiger partial charge in [0.05, 0.1) is 25.4 Å². The summed E-state index contributed by atoms with van der Waals surface area (Å²) in [5, 5.41) is 57.0. The van der Waals surface area contributed by atoms with E-state index in [9.17, 15) is 35.1 Å². The summed E-state index contributed by atoms with van der Waals surface area (Å²) in [4.78, 5) is 26.6. The van der Waals surface area contributed by atoms with Gasteiger partial charge in [-0.15, -0.1) is 0 Å². The number of carbonyl (C=O) groups is 2. The van der Waals surface area contributed by atoms with Crippen molar-refractivity contribution in [3.05, 3.63) is 60.8 Å². The summed E-state index contributed by atoms with van der Waals surface area (Å²) in [6, 6.07) is -1.03. The lowest BCUT2D eigenvalue weighted by molar-refractivity contribution is -0.305. The minimum atomic E-state index is -1.62. The third-order valence-corrected chi connectivity index (χ3v) is 14.9. The standard InChI is InChI=1S/C66H119NO10/c1-4-7-10-13-16-19-22-25-27-29-30-31-33-36-39-42-45-48-51-54-61(71)77-64-63(73)62(72)60(55-68)76-66(64)75-56-57(58(69)52-49-46-43-40-37-34-24-21-18-15-12-9-6-3)67-65(74)59(70)53-50-47-44-41-38-35-32-28-26-23-20-17-14-11-8-5-2/h16,19,25-28,30-31,49,52,57-60,62-64,66,68-70,72-73H,4-15,17-18,20-24,29,32-48,50-51,53-56H2,1-3H3,(H,67,74)/b19-16-,27-25-,28-26+,31-30-,52-49+. The number of ether oxygens (including phenoxy) is 3. The molecule has 0 aromatic carbocycles. The fraction of sp³-hybridized carbons (Fsp3) is 0.818. The van der Waals surface area contributed by atoms with Gasteiger partial charge in [-0.05, 0) is 89.9 Å². The van der Waals surface area contributed by atoms with Crippen LogP contribution in [0.15, 0.2) is 60.8 Å². The van der Waals surface area contributed by atoms with E-state index in [2.05, 4.69) is 74.7 Å². The van der Waals surface area contributed by atoms with E-state index in [0.29, 0.717) is 12.8 Å². The second kappa shape index (κ2) is 54.0. The van der Waals surface area contributed by atoms with E-state index in [4.69, 9.17) is 14.2 Å². The second-order valence-electron chi connectivity index (χ2n) is 22.1. The fourth-order valence-corrected chi connectivity index (χ4v) is 9.77. The molecule has 6 N–H and O–H groups in total. The number of hydrogen-bond acceptors (Lipinski definition) is 10. The molecule has 11 heteroatoms. The SMILES string of the molecule is CCCCC/C=C\C/C=C\C/C=C\CCCCCCCCC(=O)OC1C(OCC(NC(=O)C(O)CCCCCCCC/C=C/CCCCCCCC)C(O)/C=C/CCCCCCCCCCCCC)OC(CO)C(O)C1O. The minimum Gasteiger partial charge on any atom is -0.454 e. The van der Waals surface area contributed by atoms with Gasteiger partial charge in [0.25, 0.3) is 0 Å². The van der Waals surface area contributed by atoms with Crippen molar-refractivity contribution in [2.24, 2.45) is 0 Å². The molecule has 1 saturated heterocycles. The predicted molar refractivity (Wildman–Crippen MR) is 320 cm³/mol. The highest BCUT2D eigenvalue weighted by Gasteiger charge is 2.47. The number of rotatable bonds is 54. The topological polar surface area (TPSA) is 175 Å². The van der Waals surface area contributed by atoms with Gasteiger partial charge in [0.15, 0.2) is 12.4 Å². The van der Waals surface area contributed by atoms with E-state index < -0.39 is 67.4 Å². The van der Waals surface area contributed by atoms with Crippen LogP contribution in [0.3, 0.4) is 0 Å². The first kappa shape index (κ1) is 72.4. The van der Waals surface area contributed by atoms with Gasteiger partial charge in [-0.3, -0.25) is 9.59 Å². The Hall–Kier alpha value is -2.64. The largest absolute Gasteiger partial charge is 0.454 e. The molecule has 0 aromatic heterocycles. The molecule has 77 heavy (non-hydrogen) atoms. The Kier molecular flexibility index (Phi) is 50.7. The minimum absolute atomic E-state index is 0.108. The first-order valence-electron chi connectivity index (χ1n) is 32.1. The zero-order chi connectivity index (χ0) is 56.1. The highest BCUT2D eigenvalue weighted by Crippen LogP contribution is 2.26. The Labute approximate surface area is 471 Å². The van der Waals surface area contributed by atoms with E-state index in [1.807, 2.05) is 6.08 Å². The maximum atomic E-state index is 13.4. The Morgan fingerprint density at radius 1 is 0.506 bits per heavy atom. The maximum absolute atomic E-state index is 13.4. The Morgan fingerprint density at radius 2 is 0.896 bits per heavy atom. The van der Waals surface area contributed by atoms with Crippen molar-refractivity contribution in [2.75, 3.05) is 13.2 Å². The molecule has 0 radical (unpaired) electrons. The van der Waals surface area contributed by atoms with Crippen LogP contribution < -0.4 is 5.32 Å². The first-order chi connectivity index (χ1) is 37.7. The summed E-state index contributed by atoms with van der Waals surface area (Å²) >= 11 is 0. The zero-order valence-corrected chi connectivity index (χ0v) is 49.6. The average Bonchev–Trinajstić information content (AvgIpc) is 3.43. The molecule has 8 unspecified atom stereocenters. The molecule has 1 fully saturated rings. The van der Waals surface area contributed by atoms with Crippen molar-refractivity contribution in [3.63, 3.8) is 0 Å². The van der Waals surface area contributed by atoms with Gasteiger partial charge in [-0.2, -0.15) is 0 Å². The van der Waals surface area contributed by atoms with Gasteiger partial charge >= 0.3 is 5.97 Å². The zero-order valence-electron chi connectivity index (χ0n) is 49.6. The Bertz CT molecular complexity index is 1480. The molecule has 448 valence electrons. The summed E-state index contributed by atoms with van der Waals surface area (Å²) in [5.74, 6) is -1.21. The van der Waals surface area contributed by atoms with Crippen molar-refractivity contribution in [1.82, 2.24) is 5.32 Å². The normalized spacial score (nSPS) is 19.4. The van der Waals surface area contributed by atoms with Crippen LogP contribution in [0.25, 0.3) is 0 Å². The van der Waals surface area contributed by atoms with Gasteiger partial charge < -0.3 is 45.1 Å². The molecule has 11 nitrogen and oxygen atoms in total. The molecule has 0 bridgehead atoms. The highest BCUT2D eigenvalue weighted by molar-refractivity contribution is 5.80. The smallest absolute Gasteiger partial charge is 0.306 e. The van der Waals surface area contributed by atoms with E-state index in [0.717, 1.165) is 103 Å². The lowest BCUT2D eigenvalue weighted by Crippen LogP contribution is -2.61. The summed E-state index contributed by atoms with van der Waals surface area (Å²) < 4.78 is 17.6. The number of allylic oxidation sites excluding steroid dienone is 9. The summed E-state index contributed by atoms with van der Waals surface area (Å²) in [7, 11) is 0. The van der Waals surface area contributed by atoms with Crippen LogP contribution in [-0.2, 0) is 23.8 Å². The molecule has 1 rings (SSSR count). The lowest BCUT2D eigenvalue weighted by atomic mass is 9.99. The van der Waals surface area contributed by atoms with Crippen molar-refractivity contribution in [2.45, 2.75) is 333 Å². The van der Waals surface area contributed by atoms with Crippen LogP contribution in [-0.4, -0.2) is 99.6 Å². The average molecular weight is 1090 g/mol. The first-order valence-corrected chi connectivity index (χ1v) is 32.1. The van der Waals surface area contributed by atoms with Crippen LogP contribution in [0.5, 0.6) is 0 Å². The fourth-order valence-electron chi connectivity index (χ4n) is 9.77. The van der Waals surface area contributed by atoms with E-state index >= 15 is 0 Å². The van der Waals surface area contributed by atoms with Gasteiger partial charge in [0.1, 0.15) is 24.4 Å². The van der Waals surface area contributed by atoms with Gasteiger partial charge in [0.2, 0.25) is 5.91 Å². The molecule has 0 aromatic rings. The molecule has 0 aliphatic carbocycles. The van der Waals surface area contributed by atoms with E-state index in [1.54, 1.807) is 6.08 Å². The van der Waals surface area contributed by atoms with Crippen LogP contribution in [0, 0.1) is 0 Å². The molecule has 8 atom stereocenters. The Morgan fingerprint density at radius 3 is 1.38 bits per heavy atom. The molecule has 1 aliphatic heterocycles. The van der Waals surface area contributed by atoms with Crippen molar-refractivity contribution < 1.29 is 49.3 Å². The lowest BCUT2D eigenvalue weighted by Gasteiger charge is -2.41. The van der Waals surface area contributed by atoms with Crippen molar-refractivity contribution in [1.29, 1.82) is 0 Å². The van der Waals surface area contributed by atoms with Crippen LogP contribution >= 0.6 is 0 Å². The number of aliphatic hydroxyl groups excluding tert-OH is 5. The number of aliphatic hydroxyl groups is 5. The number of unbranched alkanes of at least 4 members (excludes halogenated alkanes) is 32. The molecule has 1 aliphatic rings. The monoisotopic (exact) mass is 1090 g/mol. The van der Waals surface area contributed by atoms with Crippen molar-refractivity contribution >= 4 is 11.9 Å². The van der Waals surface area contributed by atoms with Gasteiger partial charge in [0, 0.05) is 6.42 Å². The number of amides is 1. The number of carbonyl (C=O) groups excluding carboxylic acids is 2. The molecule has 1 heterocycles. The highest BCUT2D eigenvalue weighted by atomic mass is 16.7. The van der Waals surface area contributed by atoms with E-state index in [-0.39, 0.29) is 19.4 Å². The van der Waals surface area contributed by atoms with E-state index in [1.165, 1.54) is 135 Å². The van der Waals surface area contributed by atoms with Crippen LogP contribution in [0.1, 0.15) is 284 Å². The number of esters is 1. The quantitative estimate of drug-likeness (QED) is 0.0195. The molecular formula is C66H119NO10. The molecule has 1 amide bonds. The second-order valence-corrected chi connectivity index (χ2v) is 22.1. The summed E-state index contributed by atoms with van der Waals surface area (Å²) in [6.45, 7) is 5.76. The summed E-state index contributed by atoms with van der Waals surface area (Å²) in [5.41, 5.74) is 0.